The minimum Gasteiger partial charge on any atom is -0.331 e. The number of nitro groups is 2. The van der Waals surface area contributed by atoms with Gasteiger partial charge in [-0.1, -0.05) is 109 Å². The average Bonchev–Trinajstić information content (AvgIpc) is 3.10. The largest absolute Gasteiger partial charge is 0.331 e. The Morgan fingerprint density at radius 3 is 1.81 bits per heavy atom. The molecule has 9 nitrogen and oxygen atoms in total. The third-order valence-electron chi connectivity index (χ3n) is 8.16. The average molecular weight is 656 g/mol. The number of halogens is 1. The van der Waals surface area contributed by atoms with Gasteiger partial charge in [0.2, 0.25) is 5.91 Å². The molecule has 5 aromatic carbocycles. The predicted molar refractivity (Wildman–Crippen MR) is 183 cm³/mol. The number of hydrogen-bond acceptors (Lipinski definition) is 6. The van der Waals surface area contributed by atoms with Gasteiger partial charge in [0.25, 0.3) is 11.4 Å². The van der Waals surface area contributed by atoms with E-state index < -0.39 is 33.4 Å². The highest BCUT2D eigenvalue weighted by Gasteiger charge is 2.38. The first-order valence-electron chi connectivity index (χ1n) is 14.9. The molecule has 5 aromatic rings. The van der Waals surface area contributed by atoms with Gasteiger partial charge in [-0.15, -0.1) is 0 Å². The molecule has 236 valence electrons. The summed E-state index contributed by atoms with van der Waals surface area (Å²) in [6.45, 7) is 0. The number of nitro benzene ring substituents is 2. The second-order valence-electron chi connectivity index (χ2n) is 11.1. The van der Waals surface area contributed by atoms with Crippen molar-refractivity contribution in [2.45, 2.75) is 11.8 Å². The number of ketones is 1. The first-order chi connectivity index (χ1) is 23.2. The lowest BCUT2D eigenvalue weighted by atomic mass is 9.71. The lowest BCUT2D eigenvalue weighted by Crippen LogP contribution is -2.31. The summed E-state index contributed by atoms with van der Waals surface area (Å²) in [5, 5.41) is 27.3. The molecule has 0 saturated heterocycles. The van der Waals surface area contributed by atoms with Gasteiger partial charge in [0.05, 0.1) is 15.8 Å². The molecular formula is C38H26ClN3O6. The van der Waals surface area contributed by atoms with E-state index in [1.807, 2.05) is 18.2 Å². The summed E-state index contributed by atoms with van der Waals surface area (Å²) < 4.78 is 0. The van der Waals surface area contributed by atoms with Crippen molar-refractivity contribution in [3.63, 3.8) is 0 Å². The topological polar surface area (TPSA) is 132 Å². The number of nitrogens with one attached hydrogen (secondary N) is 1. The number of amides is 1. The highest BCUT2D eigenvalue weighted by Crippen LogP contribution is 2.49. The Hall–Kier alpha value is -6.19. The molecule has 0 spiro atoms. The number of hydrogen-bond donors (Lipinski definition) is 1. The summed E-state index contributed by atoms with van der Waals surface area (Å²) in [6, 6.07) is 36.2. The van der Waals surface area contributed by atoms with Gasteiger partial charge in [-0.05, 0) is 45.5 Å². The summed E-state index contributed by atoms with van der Waals surface area (Å²) >= 11 is 6.45. The molecule has 0 radical (unpaired) electrons. The fourth-order valence-electron chi connectivity index (χ4n) is 6.08. The quantitative estimate of drug-likeness (QED) is 0.101. The van der Waals surface area contributed by atoms with Crippen LogP contribution in [0.5, 0.6) is 0 Å². The van der Waals surface area contributed by atoms with Crippen molar-refractivity contribution in [2.75, 3.05) is 0 Å². The molecule has 0 bridgehead atoms. The van der Waals surface area contributed by atoms with Crippen molar-refractivity contribution < 1.29 is 19.4 Å². The second kappa shape index (κ2) is 13.7. The van der Waals surface area contributed by atoms with Crippen molar-refractivity contribution in [3.8, 4) is 0 Å². The van der Waals surface area contributed by atoms with Crippen molar-refractivity contribution in [1.29, 1.82) is 0 Å². The van der Waals surface area contributed by atoms with E-state index in [2.05, 4.69) is 5.32 Å². The van der Waals surface area contributed by atoms with Crippen LogP contribution in [0, 0.1) is 20.2 Å². The number of non-ortho nitro benzene ring substituents is 2. The monoisotopic (exact) mass is 655 g/mol. The van der Waals surface area contributed by atoms with Crippen LogP contribution in [0.25, 0.3) is 11.1 Å². The standard InChI is InChI=1S/C38H26ClN3O6/c39-29-17-7-14-26(20-29)36-35(28-16-9-19-31(22-28)42(47)48)34(24-10-3-1-4-11-24)33(27-15-8-18-30(21-27)41(45)46)32(23-40-38(36)44)37(43)25-12-5-2-6-13-25/h1-23,33,36H,(H,40,44)/b32-23+,35-34-. The molecule has 0 aliphatic carbocycles. The van der Waals surface area contributed by atoms with Crippen LogP contribution in [0.4, 0.5) is 11.4 Å². The van der Waals surface area contributed by atoms with Crippen molar-refractivity contribution in [3.05, 3.63) is 198 Å². The number of carbonyl (C=O) groups is 2. The van der Waals surface area contributed by atoms with Gasteiger partial charge in [0, 0.05) is 52.5 Å². The predicted octanol–water partition coefficient (Wildman–Crippen LogP) is 8.53. The van der Waals surface area contributed by atoms with Gasteiger partial charge >= 0.3 is 0 Å². The molecule has 6 rings (SSSR count). The third kappa shape index (κ3) is 6.40. The van der Waals surface area contributed by atoms with E-state index in [9.17, 15) is 29.8 Å². The molecule has 48 heavy (non-hydrogen) atoms. The normalized spacial score (nSPS) is 18.9. The zero-order valence-corrected chi connectivity index (χ0v) is 25.9. The maximum atomic E-state index is 14.5. The van der Waals surface area contributed by atoms with Crippen LogP contribution in [0.1, 0.15) is 44.4 Å². The zero-order chi connectivity index (χ0) is 33.8. The first kappa shape index (κ1) is 31.8. The van der Waals surface area contributed by atoms with Crippen LogP contribution >= 0.6 is 11.6 Å². The zero-order valence-electron chi connectivity index (χ0n) is 25.2. The number of rotatable bonds is 8. The molecule has 0 aromatic heterocycles. The Balaban J connectivity index is 1.80. The maximum absolute atomic E-state index is 14.5. The SMILES string of the molecule is O=C(/C1=C/NC(=O)C(c2cccc(Cl)c2)/C(c2cccc([N+](=O)[O-])c2)=C(/c2ccccc2)C1c1cccc([N+](=O)[O-])c1)c1ccccc1. The Labute approximate surface area is 280 Å². The van der Waals surface area contributed by atoms with E-state index in [4.69, 9.17) is 11.6 Å². The fourth-order valence-corrected chi connectivity index (χ4v) is 6.28. The maximum Gasteiger partial charge on any atom is 0.270 e. The summed E-state index contributed by atoms with van der Waals surface area (Å²) in [4.78, 5) is 51.9. The minimum atomic E-state index is -1.08. The van der Waals surface area contributed by atoms with Crippen molar-refractivity contribution in [2.24, 2.45) is 0 Å². The Kier molecular flexibility index (Phi) is 9.04. The van der Waals surface area contributed by atoms with Crippen LogP contribution in [0.2, 0.25) is 5.02 Å². The Bertz CT molecular complexity index is 2130. The Morgan fingerprint density at radius 2 is 1.17 bits per heavy atom. The molecule has 0 fully saturated rings. The van der Waals surface area contributed by atoms with E-state index in [1.54, 1.807) is 84.9 Å². The smallest absolute Gasteiger partial charge is 0.270 e. The van der Waals surface area contributed by atoms with E-state index in [1.165, 1.54) is 36.5 Å². The number of Topliss-reactive ketones (excluding diaryl/α,β-unsaturated/α-hetero) is 1. The minimum absolute atomic E-state index is 0.140. The van der Waals surface area contributed by atoms with Crippen molar-refractivity contribution in [1.82, 2.24) is 5.32 Å². The molecule has 2 unspecified atom stereocenters. The number of carbonyl (C=O) groups excluding carboxylic acids is 2. The van der Waals surface area contributed by atoms with E-state index in [0.717, 1.165) is 0 Å². The van der Waals surface area contributed by atoms with Crippen LogP contribution in [-0.2, 0) is 4.79 Å². The van der Waals surface area contributed by atoms with Crippen molar-refractivity contribution >= 4 is 45.8 Å². The molecule has 1 heterocycles. The lowest BCUT2D eigenvalue weighted by molar-refractivity contribution is -0.385. The molecule has 0 saturated carbocycles. The van der Waals surface area contributed by atoms with Gasteiger partial charge in [0.15, 0.2) is 5.78 Å². The summed E-state index contributed by atoms with van der Waals surface area (Å²) in [5.74, 6) is -2.99. The highest BCUT2D eigenvalue weighted by molar-refractivity contribution is 6.30. The van der Waals surface area contributed by atoms with Gasteiger partial charge in [-0.2, -0.15) is 0 Å². The molecule has 1 amide bonds. The van der Waals surface area contributed by atoms with E-state index in [-0.39, 0.29) is 16.9 Å². The molecular weight excluding hydrogens is 630 g/mol. The van der Waals surface area contributed by atoms with Crippen LogP contribution in [0.15, 0.2) is 145 Å². The second-order valence-corrected chi connectivity index (χ2v) is 11.5. The van der Waals surface area contributed by atoms with E-state index >= 15 is 0 Å². The van der Waals surface area contributed by atoms with Crippen LogP contribution in [-0.4, -0.2) is 21.5 Å². The van der Waals surface area contributed by atoms with Gasteiger partial charge < -0.3 is 5.32 Å². The van der Waals surface area contributed by atoms with Crippen LogP contribution < -0.4 is 5.32 Å². The Morgan fingerprint density at radius 1 is 0.625 bits per heavy atom. The number of nitrogens with zero attached hydrogens (tertiary/aromatic N) is 2. The molecule has 1 N–H and O–H groups in total. The molecule has 2 atom stereocenters. The molecule has 1 aliphatic rings. The third-order valence-corrected chi connectivity index (χ3v) is 8.39. The molecule has 1 aliphatic heterocycles. The number of allylic oxidation sites excluding steroid dienone is 2. The van der Waals surface area contributed by atoms with Gasteiger partial charge in [-0.3, -0.25) is 29.8 Å². The van der Waals surface area contributed by atoms with Gasteiger partial charge in [-0.25, -0.2) is 0 Å². The molecule has 10 heteroatoms. The fraction of sp³-hybridized carbons (Fsp3) is 0.0526. The summed E-state index contributed by atoms with van der Waals surface area (Å²) in [5.41, 5.74) is 2.77. The number of benzene rings is 5. The highest BCUT2D eigenvalue weighted by atomic mass is 35.5. The summed E-state index contributed by atoms with van der Waals surface area (Å²) in [7, 11) is 0. The van der Waals surface area contributed by atoms with Crippen LogP contribution in [0.3, 0.4) is 0 Å². The first-order valence-corrected chi connectivity index (χ1v) is 15.2. The summed E-state index contributed by atoms with van der Waals surface area (Å²) in [6.07, 6.45) is 1.37. The lowest BCUT2D eigenvalue weighted by Gasteiger charge is -2.32. The van der Waals surface area contributed by atoms with E-state index in [0.29, 0.717) is 44.0 Å². The van der Waals surface area contributed by atoms with Gasteiger partial charge in [0.1, 0.15) is 0 Å².